The van der Waals surface area contributed by atoms with Gasteiger partial charge in [-0.05, 0) is 49.3 Å². The second-order valence-electron chi connectivity index (χ2n) is 6.50. The van der Waals surface area contributed by atoms with E-state index in [2.05, 4.69) is 36.9 Å². The van der Waals surface area contributed by atoms with Gasteiger partial charge in [0.15, 0.2) is 0 Å². The highest BCUT2D eigenvalue weighted by Gasteiger charge is 2.23. The molecule has 1 aliphatic heterocycles. The van der Waals surface area contributed by atoms with Gasteiger partial charge in [-0.1, -0.05) is 31.5 Å². The molecule has 1 heterocycles. The lowest BCUT2D eigenvalue weighted by molar-refractivity contribution is 0.325. The van der Waals surface area contributed by atoms with Crippen LogP contribution < -0.4 is 10.6 Å². The van der Waals surface area contributed by atoms with Crippen LogP contribution in [-0.4, -0.2) is 13.1 Å². The van der Waals surface area contributed by atoms with Crippen LogP contribution in [-0.2, 0) is 0 Å². The molecule has 1 unspecified atom stereocenters. The summed E-state index contributed by atoms with van der Waals surface area (Å²) in [6, 6.07) is 6.28. The van der Waals surface area contributed by atoms with E-state index in [0.717, 1.165) is 23.7 Å². The Hall–Kier alpha value is -0.730. The van der Waals surface area contributed by atoms with Crippen molar-refractivity contribution >= 4 is 17.3 Å². The summed E-state index contributed by atoms with van der Waals surface area (Å²) in [5.74, 6) is 0. The lowest BCUT2D eigenvalue weighted by Gasteiger charge is -2.25. The molecule has 2 nitrogen and oxygen atoms in total. The highest BCUT2D eigenvalue weighted by atomic mass is 35.5. The smallest absolute Gasteiger partial charge is 0.0474 e. The third kappa shape index (κ3) is 3.64. The van der Waals surface area contributed by atoms with Crippen molar-refractivity contribution in [3.63, 3.8) is 0 Å². The van der Waals surface area contributed by atoms with Crippen molar-refractivity contribution < 1.29 is 0 Å². The van der Waals surface area contributed by atoms with Crippen LogP contribution in [0.2, 0.25) is 5.02 Å². The first-order valence-corrected chi connectivity index (χ1v) is 7.57. The number of hydrogen-bond acceptors (Lipinski definition) is 2. The van der Waals surface area contributed by atoms with Crippen molar-refractivity contribution in [3.05, 3.63) is 28.8 Å². The summed E-state index contributed by atoms with van der Waals surface area (Å²) in [4.78, 5) is 2.45. The van der Waals surface area contributed by atoms with E-state index in [1.807, 2.05) is 6.92 Å². The number of nitrogens with two attached hydrogens (primary N) is 1. The van der Waals surface area contributed by atoms with Gasteiger partial charge in [-0.3, -0.25) is 0 Å². The Balaban J connectivity index is 2.16. The molecule has 1 atom stereocenters. The quantitative estimate of drug-likeness (QED) is 0.871. The average Bonchev–Trinajstić information content (AvgIpc) is 2.49. The first-order chi connectivity index (χ1) is 8.89. The molecule has 106 valence electrons. The molecule has 0 amide bonds. The van der Waals surface area contributed by atoms with Crippen molar-refractivity contribution in [2.45, 2.75) is 46.1 Å². The molecule has 1 aromatic carbocycles. The lowest BCUT2D eigenvalue weighted by atomic mass is 9.85. The Kier molecular flexibility index (Phi) is 4.42. The first kappa shape index (κ1) is 14.7. The monoisotopic (exact) mass is 280 g/mol. The summed E-state index contributed by atoms with van der Waals surface area (Å²) >= 11 is 6.33. The maximum Gasteiger partial charge on any atom is 0.0474 e. The summed E-state index contributed by atoms with van der Waals surface area (Å²) in [6.45, 7) is 8.93. The molecule has 0 bridgehead atoms. The molecule has 2 rings (SSSR count). The maximum absolute atomic E-state index is 6.33. The van der Waals surface area contributed by atoms with E-state index in [4.69, 9.17) is 17.3 Å². The van der Waals surface area contributed by atoms with Gasteiger partial charge in [-0.25, -0.2) is 0 Å². The van der Waals surface area contributed by atoms with E-state index >= 15 is 0 Å². The van der Waals surface area contributed by atoms with Crippen molar-refractivity contribution in [2.75, 3.05) is 18.0 Å². The fourth-order valence-electron chi connectivity index (χ4n) is 2.76. The van der Waals surface area contributed by atoms with E-state index in [9.17, 15) is 0 Å². The molecular formula is C16H25ClN2. The van der Waals surface area contributed by atoms with Crippen LogP contribution in [0.1, 0.15) is 51.6 Å². The topological polar surface area (TPSA) is 29.3 Å². The zero-order chi connectivity index (χ0) is 14.0. The molecule has 0 aliphatic carbocycles. The molecule has 1 saturated heterocycles. The Morgan fingerprint density at radius 3 is 2.63 bits per heavy atom. The molecule has 1 fully saturated rings. The summed E-state index contributed by atoms with van der Waals surface area (Å²) in [7, 11) is 0. The maximum atomic E-state index is 6.33. The minimum Gasteiger partial charge on any atom is -0.371 e. The molecule has 0 spiro atoms. The van der Waals surface area contributed by atoms with E-state index in [1.54, 1.807) is 0 Å². The molecule has 0 radical (unpaired) electrons. The van der Waals surface area contributed by atoms with Crippen LogP contribution in [0.5, 0.6) is 0 Å². The van der Waals surface area contributed by atoms with Gasteiger partial charge in [-0.15, -0.1) is 0 Å². The third-order valence-corrected chi connectivity index (χ3v) is 4.51. The van der Waals surface area contributed by atoms with Gasteiger partial charge >= 0.3 is 0 Å². The largest absolute Gasteiger partial charge is 0.371 e. The lowest BCUT2D eigenvalue weighted by Crippen LogP contribution is -2.25. The SMILES string of the molecule is CC(N)c1ccc(N2CCCC(C)(C)CC2)cc1Cl. The van der Waals surface area contributed by atoms with Gasteiger partial charge in [0.25, 0.3) is 0 Å². The van der Waals surface area contributed by atoms with E-state index < -0.39 is 0 Å². The van der Waals surface area contributed by atoms with Gasteiger partial charge < -0.3 is 10.6 Å². The minimum atomic E-state index is -0.00961. The standard InChI is InChI=1S/C16H25ClN2/c1-12(18)14-6-5-13(11-15(14)17)19-9-4-7-16(2,3)8-10-19/h5-6,11-12H,4,7-10,18H2,1-3H3. The van der Waals surface area contributed by atoms with Gasteiger partial charge in [0.1, 0.15) is 0 Å². The van der Waals surface area contributed by atoms with Crippen LogP contribution in [0.15, 0.2) is 18.2 Å². The summed E-state index contributed by atoms with van der Waals surface area (Å²) in [5.41, 5.74) is 8.63. The van der Waals surface area contributed by atoms with Crippen molar-refractivity contribution in [2.24, 2.45) is 11.1 Å². The summed E-state index contributed by atoms with van der Waals surface area (Å²) in [6.07, 6.45) is 3.79. The van der Waals surface area contributed by atoms with Gasteiger partial charge in [0, 0.05) is 29.8 Å². The number of hydrogen-bond donors (Lipinski definition) is 1. The highest BCUT2D eigenvalue weighted by molar-refractivity contribution is 6.31. The van der Waals surface area contributed by atoms with Gasteiger partial charge in [0.05, 0.1) is 0 Å². The fraction of sp³-hybridized carbons (Fsp3) is 0.625. The molecule has 0 aromatic heterocycles. The molecule has 1 aromatic rings. The number of halogens is 1. The first-order valence-electron chi connectivity index (χ1n) is 7.19. The van der Waals surface area contributed by atoms with Crippen molar-refractivity contribution in [1.82, 2.24) is 0 Å². The van der Waals surface area contributed by atoms with E-state index in [1.165, 1.54) is 24.9 Å². The van der Waals surface area contributed by atoms with Crippen LogP contribution in [0.4, 0.5) is 5.69 Å². The molecule has 3 heteroatoms. The van der Waals surface area contributed by atoms with Crippen molar-refractivity contribution in [1.29, 1.82) is 0 Å². The Bertz CT molecular complexity index is 440. The van der Waals surface area contributed by atoms with Gasteiger partial charge in [0.2, 0.25) is 0 Å². The normalized spacial score (nSPS) is 21.0. The third-order valence-electron chi connectivity index (χ3n) is 4.18. The average molecular weight is 281 g/mol. The molecule has 1 aliphatic rings. The van der Waals surface area contributed by atoms with Crippen LogP contribution in [0.3, 0.4) is 0 Å². The Morgan fingerprint density at radius 2 is 2.00 bits per heavy atom. The summed E-state index contributed by atoms with van der Waals surface area (Å²) in [5, 5.41) is 0.788. The number of benzene rings is 1. The Labute approximate surface area is 121 Å². The van der Waals surface area contributed by atoms with Crippen molar-refractivity contribution in [3.8, 4) is 0 Å². The van der Waals surface area contributed by atoms with E-state index in [-0.39, 0.29) is 6.04 Å². The number of rotatable bonds is 2. The van der Waals surface area contributed by atoms with Crippen LogP contribution in [0, 0.1) is 5.41 Å². The van der Waals surface area contributed by atoms with E-state index in [0.29, 0.717) is 5.41 Å². The highest BCUT2D eigenvalue weighted by Crippen LogP contribution is 2.33. The van der Waals surface area contributed by atoms with Crippen LogP contribution >= 0.6 is 11.6 Å². The molecule has 0 saturated carbocycles. The second-order valence-corrected chi connectivity index (χ2v) is 6.91. The summed E-state index contributed by atoms with van der Waals surface area (Å²) < 4.78 is 0. The zero-order valence-electron chi connectivity index (χ0n) is 12.2. The second kappa shape index (κ2) is 5.72. The number of anilines is 1. The van der Waals surface area contributed by atoms with Gasteiger partial charge in [-0.2, -0.15) is 0 Å². The molecule has 19 heavy (non-hydrogen) atoms. The molecular weight excluding hydrogens is 256 g/mol. The van der Waals surface area contributed by atoms with Crippen LogP contribution in [0.25, 0.3) is 0 Å². The fourth-order valence-corrected chi connectivity index (χ4v) is 3.11. The Morgan fingerprint density at radius 1 is 1.26 bits per heavy atom. The minimum absolute atomic E-state index is 0.00961. The predicted molar refractivity (Wildman–Crippen MR) is 83.9 cm³/mol. The number of nitrogens with zero attached hydrogens (tertiary/aromatic N) is 1. The predicted octanol–water partition coefficient (Wildman–Crippen LogP) is 4.38. The molecule has 2 N–H and O–H groups in total. The zero-order valence-corrected chi connectivity index (χ0v) is 13.0.